The second-order valence-corrected chi connectivity index (χ2v) is 10.2. The highest BCUT2D eigenvalue weighted by Gasteiger charge is 2.21. The Labute approximate surface area is 226 Å². The lowest BCUT2D eigenvalue weighted by Crippen LogP contribution is -2.39. The van der Waals surface area contributed by atoms with Crippen molar-refractivity contribution in [2.24, 2.45) is 0 Å². The van der Waals surface area contributed by atoms with Crippen LogP contribution in [-0.2, 0) is 10.3 Å². The quantitative estimate of drug-likeness (QED) is 0.286. The van der Waals surface area contributed by atoms with Crippen molar-refractivity contribution in [1.82, 2.24) is 30.5 Å². The number of benzene rings is 2. The van der Waals surface area contributed by atoms with Crippen LogP contribution in [0.2, 0.25) is 5.02 Å². The van der Waals surface area contributed by atoms with Crippen LogP contribution in [0.1, 0.15) is 36.7 Å². The predicted octanol–water partition coefficient (Wildman–Crippen LogP) is 4.73. The summed E-state index contributed by atoms with van der Waals surface area (Å²) in [5, 5.41) is 6.26. The van der Waals surface area contributed by atoms with Crippen LogP contribution in [0.15, 0.2) is 54.6 Å². The van der Waals surface area contributed by atoms with Crippen molar-refractivity contribution < 1.29 is 14.3 Å². The first-order valence-corrected chi connectivity index (χ1v) is 12.6. The number of nitrogens with zero attached hydrogens (tertiary/aromatic N) is 3. The van der Waals surface area contributed by atoms with Gasteiger partial charge in [-0.25, -0.2) is 4.98 Å². The molecule has 3 N–H and O–H groups in total. The van der Waals surface area contributed by atoms with Crippen molar-refractivity contribution in [3.63, 3.8) is 0 Å². The van der Waals surface area contributed by atoms with E-state index < -0.39 is 5.54 Å². The molecular formula is C28H31ClN6O3. The number of aromatic amines is 1. The number of likely N-dealkylation sites (N-methyl/N-ethyl adjacent to an activating group) is 1. The molecule has 2 heterocycles. The summed E-state index contributed by atoms with van der Waals surface area (Å²) in [4.78, 5) is 38.3. The molecule has 10 heteroatoms. The Morgan fingerprint density at radius 3 is 2.50 bits per heavy atom. The van der Waals surface area contributed by atoms with E-state index in [1.165, 1.54) is 6.92 Å². The fourth-order valence-corrected chi connectivity index (χ4v) is 4.27. The fraction of sp³-hybridized carbons (Fsp3) is 0.286. The fourth-order valence-electron chi connectivity index (χ4n) is 4.01. The van der Waals surface area contributed by atoms with E-state index in [-0.39, 0.29) is 17.8 Å². The van der Waals surface area contributed by atoms with Gasteiger partial charge in [-0.05, 0) is 63.8 Å². The van der Waals surface area contributed by atoms with Crippen molar-refractivity contribution in [3.05, 3.63) is 70.7 Å². The van der Waals surface area contributed by atoms with Gasteiger partial charge in [0.1, 0.15) is 5.75 Å². The highest BCUT2D eigenvalue weighted by molar-refractivity contribution is 6.33. The van der Waals surface area contributed by atoms with Crippen LogP contribution in [0.5, 0.6) is 11.8 Å². The monoisotopic (exact) mass is 534 g/mol. The first-order valence-electron chi connectivity index (χ1n) is 12.2. The lowest BCUT2D eigenvalue weighted by atomic mass is 9.94. The van der Waals surface area contributed by atoms with Gasteiger partial charge < -0.3 is 25.3 Å². The van der Waals surface area contributed by atoms with Gasteiger partial charge in [0, 0.05) is 31.1 Å². The number of ether oxygens (including phenoxy) is 1. The number of aromatic nitrogens is 3. The molecule has 0 spiro atoms. The van der Waals surface area contributed by atoms with E-state index in [0.29, 0.717) is 45.3 Å². The molecule has 198 valence electrons. The number of halogens is 1. The van der Waals surface area contributed by atoms with E-state index in [9.17, 15) is 9.59 Å². The Morgan fingerprint density at radius 2 is 1.82 bits per heavy atom. The SMILES string of the molecule is CC(=O)NC(C)(C)c1ccc(Oc2nc3nc(-c4cccc(C(=O)NCCN(C)C)c4)c(Cl)cc3[nH]2)cc1. The van der Waals surface area contributed by atoms with E-state index in [1.807, 2.05) is 63.2 Å². The van der Waals surface area contributed by atoms with Crippen LogP contribution in [0.3, 0.4) is 0 Å². The average Bonchev–Trinajstić information content (AvgIpc) is 3.23. The molecular weight excluding hydrogens is 504 g/mol. The zero-order valence-corrected chi connectivity index (χ0v) is 22.8. The molecule has 0 bridgehead atoms. The summed E-state index contributed by atoms with van der Waals surface area (Å²) in [6.45, 7) is 6.66. The minimum absolute atomic E-state index is 0.0990. The summed E-state index contributed by atoms with van der Waals surface area (Å²) >= 11 is 6.57. The van der Waals surface area contributed by atoms with Gasteiger partial charge in [0.2, 0.25) is 5.91 Å². The summed E-state index contributed by atoms with van der Waals surface area (Å²) in [6.07, 6.45) is 0. The number of nitrogens with one attached hydrogen (secondary N) is 3. The Morgan fingerprint density at radius 1 is 1.08 bits per heavy atom. The molecule has 0 aliphatic carbocycles. The van der Waals surface area contributed by atoms with Crippen molar-refractivity contribution in [1.29, 1.82) is 0 Å². The third kappa shape index (κ3) is 6.48. The second-order valence-electron chi connectivity index (χ2n) is 9.80. The number of carbonyl (C=O) groups excluding carboxylic acids is 2. The molecule has 0 unspecified atom stereocenters. The van der Waals surface area contributed by atoms with Crippen LogP contribution in [-0.4, -0.2) is 58.9 Å². The normalized spacial score (nSPS) is 11.6. The van der Waals surface area contributed by atoms with Gasteiger partial charge in [0.25, 0.3) is 5.91 Å². The molecule has 38 heavy (non-hydrogen) atoms. The lowest BCUT2D eigenvalue weighted by molar-refractivity contribution is -0.120. The first kappa shape index (κ1) is 27.1. The number of carbonyl (C=O) groups is 2. The van der Waals surface area contributed by atoms with E-state index in [0.717, 1.165) is 12.1 Å². The maximum Gasteiger partial charge on any atom is 0.301 e. The highest BCUT2D eigenvalue weighted by atomic mass is 35.5. The van der Waals surface area contributed by atoms with Gasteiger partial charge in [-0.1, -0.05) is 35.9 Å². The smallest absolute Gasteiger partial charge is 0.301 e. The van der Waals surface area contributed by atoms with Gasteiger partial charge >= 0.3 is 6.01 Å². The Hall–Kier alpha value is -3.95. The Kier molecular flexibility index (Phi) is 7.99. The molecule has 0 saturated heterocycles. The molecule has 2 aromatic heterocycles. The van der Waals surface area contributed by atoms with E-state index in [1.54, 1.807) is 24.3 Å². The van der Waals surface area contributed by atoms with Crippen molar-refractivity contribution in [2.45, 2.75) is 26.3 Å². The average molecular weight is 535 g/mol. The number of pyridine rings is 1. The number of H-pyrrole nitrogens is 1. The maximum atomic E-state index is 12.6. The molecule has 2 amide bonds. The molecule has 0 radical (unpaired) electrons. The molecule has 2 aromatic carbocycles. The third-order valence-corrected chi connectivity index (χ3v) is 6.21. The van der Waals surface area contributed by atoms with Crippen LogP contribution >= 0.6 is 11.6 Å². The molecule has 9 nitrogen and oxygen atoms in total. The summed E-state index contributed by atoms with van der Waals surface area (Å²) in [7, 11) is 3.91. The summed E-state index contributed by atoms with van der Waals surface area (Å²) in [5.74, 6) is 0.316. The molecule has 0 atom stereocenters. The summed E-state index contributed by atoms with van der Waals surface area (Å²) < 4.78 is 5.91. The number of imidazole rings is 1. The van der Waals surface area contributed by atoms with Crippen LogP contribution in [0, 0.1) is 0 Å². The molecule has 4 aromatic rings. The van der Waals surface area contributed by atoms with Crippen molar-refractivity contribution >= 4 is 34.6 Å². The number of amides is 2. The van der Waals surface area contributed by atoms with Crippen LogP contribution in [0.4, 0.5) is 0 Å². The zero-order valence-electron chi connectivity index (χ0n) is 22.1. The van der Waals surface area contributed by atoms with E-state index >= 15 is 0 Å². The number of hydrogen-bond acceptors (Lipinski definition) is 6. The molecule has 0 aliphatic heterocycles. The summed E-state index contributed by atoms with van der Waals surface area (Å²) in [5.41, 5.74) is 3.24. The zero-order chi connectivity index (χ0) is 27.4. The van der Waals surface area contributed by atoms with Crippen molar-refractivity contribution in [2.75, 3.05) is 27.2 Å². The van der Waals surface area contributed by atoms with Gasteiger partial charge in [0.05, 0.1) is 21.8 Å². The van der Waals surface area contributed by atoms with Gasteiger partial charge in [-0.3, -0.25) is 9.59 Å². The van der Waals surface area contributed by atoms with Crippen molar-refractivity contribution in [3.8, 4) is 23.0 Å². The number of fused-ring (bicyclic) bond motifs is 1. The largest absolute Gasteiger partial charge is 0.426 e. The lowest BCUT2D eigenvalue weighted by Gasteiger charge is -2.26. The first-order chi connectivity index (χ1) is 18.0. The third-order valence-electron chi connectivity index (χ3n) is 5.93. The number of rotatable bonds is 9. The molecule has 0 aliphatic rings. The van der Waals surface area contributed by atoms with Crippen LogP contribution < -0.4 is 15.4 Å². The molecule has 0 saturated carbocycles. The number of hydrogen-bond donors (Lipinski definition) is 3. The highest BCUT2D eigenvalue weighted by Crippen LogP contribution is 2.31. The molecule has 4 rings (SSSR count). The van der Waals surface area contributed by atoms with Gasteiger partial charge in [0.15, 0.2) is 5.65 Å². The van der Waals surface area contributed by atoms with Gasteiger partial charge in [-0.2, -0.15) is 4.98 Å². The topological polar surface area (TPSA) is 112 Å². The Balaban J connectivity index is 1.53. The minimum atomic E-state index is -0.509. The minimum Gasteiger partial charge on any atom is -0.426 e. The Bertz CT molecular complexity index is 1460. The van der Waals surface area contributed by atoms with E-state index in [2.05, 4.69) is 25.6 Å². The summed E-state index contributed by atoms with van der Waals surface area (Å²) in [6, 6.07) is 16.6. The second kappa shape index (κ2) is 11.2. The molecule has 0 fully saturated rings. The standard InChI is InChI=1S/C28H31ClN6O3/c1-17(36)34-28(2,3)20-9-11-21(12-10-20)38-27-31-23-16-22(29)24(32-25(23)33-27)18-7-6-8-19(15-18)26(37)30-13-14-35(4)5/h6-12,15-16H,13-14H2,1-5H3,(H,30,37)(H,34,36)(H,31,32,33). The van der Waals surface area contributed by atoms with Gasteiger partial charge in [-0.15, -0.1) is 0 Å². The van der Waals surface area contributed by atoms with Crippen LogP contribution in [0.25, 0.3) is 22.4 Å². The maximum absolute atomic E-state index is 12.6. The van der Waals surface area contributed by atoms with E-state index in [4.69, 9.17) is 16.3 Å². The predicted molar refractivity (Wildman–Crippen MR) is 149 cm³/mol.